The van der Waals surface area contributed by atoms with Crippen LogP contribution in [0.15, 0.2) is 65.2 Å². The third kappa shape index (κ3) is 2.92. The van der Waals surface area contributed by atoms with Crippen molar-refractivity contribution in [2.75, 3.05) is 11.1 Å². The molecule has 0 bridgehead atoms. The van der Waals surface area contributed by atoms with Crippen LogP contribution in [0.5, 0.6) is 0 Å². The lowest BCUT2D eigenvalue weighted by atomic mass is 10.1. The van der Waals surface area contributed by atoms with Crippen LogP contribution in [0.4, 0.5) is 11.4 Å². The summed E-state index contributed by atoms with van der Waals surface area (Å²) in [4.78, 5) is 12.1. The van der Waals surface area contributed by atoms with Crippen LogP contribution in [0.2, 0.25) is 0 Å². The molecule has 0 radical (unpaired) electrons. The zero-order valence-electron chi connectivity index (χ0n) is 11.1. The van der Waals surface area contributed by atoms with E-state index in [1.54, 1.807) is 30.3 Å². The van der Waals surface area contributed by atoms with Crippen molar-refractivity contribution >= 4 is 17.3 Å². The number of nitrogens with two attached hydrogens (primary N) is 1. The Hall–Kier alpha value is -3.08. The molecule has 0 fully saturated rings. The minimum Gasteiger partial charge on any atom is -0.399 e. The van der Waals surface area contributed by atoms with Crippen LogP contribution in [-0.4, -0.2) is 11.1 Å². The Kier molecular flexibility index (Phi) is 3.39. The summed E-state index contributed by atoms with van der Waals surface area (Å²) in [7, 11) is 0. The van der Waals surface area contributed by atoms with Crippen molar-refractivity contribution in [3.8, 4) is 11.3 Å². The van der Waals surface area contributed by atoms with Gasteiger partial charge in [-0.15, -0.1) is 0 Å². The zero-order chi connectivity index (χ0) is 14.7. The van der Waals surface area contributed by atoms with Gasteiger partial charge in [0.15, 0.2) is 0 Å². The average molecular weight is 279 g/mol. The molecule has 0 atom stereocenters. The van der Waals surface area contributed by atoms with Crippen LogP contribution in [-0.2, 0) is 0 Å². The van der Waals surface area contributed by atoms with Crippen LogP contribution in [0, 0.1) is 0 Å². The van der Waals surface area contributed by atoms with E-state index in [0.717, 1.165) is 5.56 Å². The monoisotopic (exact) mass is 279 g/mol. The van der Waals surface area contributed by atoms with E-state index in [9.17, 15) is 4.79 Å². The molecule has 0 aliphatic rings. The Morgan fingerprint density at radius 1 is 1.05 bits per heavy atom. The average Bonchev–Trinajstić information content (AvgIpc) is 3.00. The maximum Gasteiger partial charge on any atom is 0.294 e. The van der Waals surface area contributed by atoms with Crippen LogP contribution >= 0.6 is 0 Å². The number of rotatable bonds is 3. The van der Waals surface area contributed by atoms with Crippen LogP contribution in [0.3, 0.4) is 0 Å². The van der Waals surface area contributed by atoms with Gasteiger partial charge in [0.05, 0.1) is 0 Å². The van der Waals surface area contributed by atoms with Crippen molar-refractivity contribution in [1.29, 1.82) is 0 Å². The van der Waals surface area contributed by atoms with E-state index in [-0.39, 0.29) is 11.7 Å². The topological polar surface area (TPSA) is 81.1 Å². The molecule has 0 saturated heterocycles. The normalized spacial score (nSPS) is 10.3. The Bertz CT molecular complexity index is 749. The molecule has 3 rings (SSSR count). The SMILES string of the molecule is Nc1ccc(NC(=O)c2cc(-c3ccccc3)no2)cc1. The summed E-state index contributed by atoms with van der Waals surface area (Å²) in [6, 6.07) is 18.0. The molecule has 104 valence electrons. The van der Waals surface area contributed by atoms with Crippen molar-refractivity contribution in [2.45, 2.75) is 0 Å². The second-order valence-electron chi connectivity index (χ2n) is 4.52. The van der Waals surface area contributed by atoms with Gasteiger partial charge in [0.25, 0.3) is 5.91 Å². The number of hydrogen-bond acceptors (Lipinski definition) is 4. The molecule has 1 amide bonds. The number of carbonyl (C=O) groups is 1. The van der Waals surface area contributed by atoms with E-state index in [2.05, 4.69) is 10.5 Å². The maximum atomic E-state index is 12.1. The number of nitrogens with one attached hydrogen (secondary N) is 1. The predicted molar refractivity (Wildman–Crippen MR) is 80.7 cm³/mol. The second kappa shape index (κ2) is 5.50. The number of nitrogens with zero attached hydrogens (tertiary/aromatic N) is 1. The first-order valence-electron chi connectivity index (χ1n) is 6.41. The zero-order valence-corrected chi connectivity index (χ0v) is 11.1. The van der Waals surface area contributed by atoms with Gasteiger partial charge in [-0.2, -0.15) is 0 Å². The molecule has 5 nitrogen and oxygen atoms in total. The standard InChI is InChI=1S/C16H13N3O2/c17-12-6-8-13(9-7-12)18-16(20)15-10-14(19-21-15)11-4-2-1-3-5-11/h1-10H,17H2,(H,18,20). The lowest BCUT2D eigenvalue weighted by Crippen LogP contribution is -2.10. The quantitative estimate of drug-likeness (QED) is 0.721. The molecular weight excluding hydrogens is 266 g/mol. The third-order valence-corrected chi connectivity index (χ3v) is 2.97. The highest BCUT2D eigenvalue weighted by molar-refractivity contribution is 6.02. The van der Waals surface area contributed by atoms with Gasteiger partial charge in [0.2, 0.25) is 5.76 Å². The summed E-state index contributed by atoms with van der Waals surface area (Å²) in [5.74, 6) is -0.194. The Labute approximate surface area is 121 Å². The number of amides is 1. The highest BCUT2D eigenvalue weighted by atomic mass is 16.5. The summed E-state index contributed by atoms with van der Waals surface area (Å²) in [5.41, 5.74) is 8.40. The first-order valence-corrected chi connectivity index (χ1v) is 6.41. The van der Waals surface area contributed by atoms with E-state index < -0.39 is 0 Å². The van der Waals surface area contributed by atoms with Crippen molar-refractivity contribution in [3.63, 3.8) is 0 Å². The van der Waals surface area contributed by atoms with E-state index in [1.165, 1.54) is 0 Å². The fourth-order valence-corrected chi connectivity index (χ4v) is 1.89. The summed E-state index contributed by atoms with van der Waals surface area (Å²) in [6.07, 6.45) is 0. The summed E-state index contributed by atoms with van der Waals surface area (Å²) in [5, 5.41) is 6.63. The van der Waals surface area contributed by atoms with E-state index >= 15 is 0 Å². The molecule has 1 heterocycles. The van der Waals surface area contributed by atoms with Gasteiger partial charge in [-0.1, -0.05) is 35.5 Å². The van der Waals surface area contributed by atoms with Gasteiger partial charge in [-0.25, -0.2) is 0 Å². The molecule has 1 aromatic heterocycles. The molecule has 0 spiro atoms. The second-order valence-corrected chi connectivity index (χ2v) is 4.52. The van der Waals surface area contributed by atoms with E-state index in [1.807, 2.05) is 30.3 Å². The number of anilines is 2. The number of nitrogen functional groups attached to an aromatic ring is 1. The number of carbonyl (C=O) groups excluding carboxylic acids is 1. The van der Waals surface area contributed by atoms with Crippen LogP contribution in [0.1, 0.15) is 10.6 Å². The largest absolute Gasteiger partial charge is 0.399 e. The molecule has 3 aromatic rings. The van der Waals surface area contributed by atoms with Crippen molar-refractivity contribution in [1.82, 2.24) is 5.16 Å². The number of aromatic nitrogens is 1. The highest BCUT2D eigenvalue weighted by Crippen LogP contribution is 2.19. The van der Waals surface area contributed by atoms with E-state index in [0.29, 0.717) is 17.1 Å². The van der Waals surface area contributed by atoms with Gasteiger partial charge < -0.3 is 15.6 Å². The molecule has 2 aromatic carbocycles. The molecule has 0 aliphatic carbocycles. The van der Waals surface area contributed by atoms with Crippen molar-refractivity contribution in [2.24, 2.45) is 0 Å². The number of benzene rings is 2. The lowest BCUT2D eigenvalue weighted by Gasteiger charge is -2.02. The fourth-order valence-electron chi connectivity index (χ4n) is 1.89. The Morgan fingerprint density at radius 2 is 1.76 bits per heavy atom. The third-order valence-electron chi connectivity index (χ3n) is 2.97. The van der Waals surface area contributed by atoms with Crippen molar-refractivity contribution in [3.05, 3.63) is 66.4 Å². The minimum atomic E-state index is -0.352. The highest BCUT2D eigenvalue weighted by Gasteiger charge is 2.14. The van der Waals surface area contributed by atoms with Gasteiger partial charge >= 0.3 is 0 Å². The molecule has 0 unspecified atom stereocenters. The minimum absolute atomic E-state index is 0.158. The van der Waals surface area contributed by atoms with Gasteiger partial charge in [-0.3, -0.25) is 4.79 Å². The molecular formula is C16H13N3O2. The van der Waals surface area contributed by atoms with Crippen LogP contribution in [0.25, 0.3) is 11.3 Å². The molecule has 21 heavy (non-hydrogen) atoms. The summed E-state index contributed by atoms with van der Waals surface area (Å²) >= 11 is 0. The maximum absolute atomic E-state index is 12.1. The summed E-state index contributed by atoms with van der Waals surface area (Å²) in [6.45, 7) is 0. The number of hydrogen-bond donors (Lipinski definition) is 2. The Balaban J connectivity index is 1.77. The van der Waals surface area contributed by atoms with Crippen LogP contribution < -0.4 is 11.1 Å². The predicted octanol–water partition coefficient (Wildman–Crippen LogP) is 3.18. The first kappa shape index (κ1) is 12.9. The fraction of sp³-hybridized carbons (Fsp3) is 0. The molecule has 5 heteroatoms. The van der Waals surface area contributed by atoms with E-state index in [4.69, 9.17) is 10.3 Å². The molecule has 3 N–H and O–H groups in total. The lowest BCUT2D eigenvalue weighted by molar-refractivity contribution is 0.0988. The van der Waals surface area contributed by atoms with Gasteiger partial charge in [0, 0.05) is 23.0 Å². The first-order chi connectivity index (χ1) is 10.2. The molecule has 0 aliphatic heterocycles. The van der Waals surface area contributed by atoms with Gasteiger partial charge in [0.1, 0.15) is 5.69 Å². The molecule has 0 saturated carbocycles. The van der Waals surface area contributed by atoms with Gasteiger partial charge in [-0.05, 0) is 24.3 Å². The Morgan fingerprint density at radius 3 is 2.48 bits per heavy atom. The summed E-state index contributed by atoms with van der Waals surface area (Å²) < 4.78 is 5.09. The smallest absolute Gasteiger partial charge is 0.294 e. The van der Waals surface area contributed by atoms with Crippen molar-refractivity contribution < 1.29 is 9.32 Å².